The van der Waals surface area contributed by atoms with E-state index in [1.165, 1.54) is 12.8 Å². The van der Waals surface area contributed by atoms with E-state index in [1.54, 1.807) is 6.20 Å². The SMILES string of the molecule is CC(C)(C)N=C(N)c1ncccc1[NH2+]C1CC1. The molecule has 2 rings (SSSR count). The van der Waals surface area contributed by atoms with Crippen molar-refractivity contribution >= 4 is 11.5 Å². The van der Waals surface area contributed by atoms with Gasteiger partial charge in [0.05, 0.1) is 11.6 Å². The molecule has 0 unspecified atom stereocenters. The summed E-state index contributed by atoms with van der Waals surface area (Å²) in [5.41, 5.74) is 7.80. The van der Waals surface area contributed by atoms with Crippen LogP contribution in [0.25, 0.3) is 0 Å². The van der Waals surface area contributed by atoms with Crippen molar-refractivity contribution in [3.8, 4) is 0 Å². The Labute approximate surface area is 102 Å². The van der Waals surface area contributed by atoms with Gasteiger partial charge < -0.3 is 11.1 Å². The minimum atomic E-state index is -0.168. The molecule has 1 aromatic rings. The van der Waals surface area contributed by atoms with Crippen LogP contribution in [0.5, 0.6) is 0 Å². The lowest BCUT2D eigenvalue weighted by Crippen LogP contribution is -2.80. The first-order valence-electron chi connectivity index (χ1n) is 6.11. The fraction of sp³-hybridized carbons (Fsp3) is 0.538. The number of hydrogen-bond donors (Lipinski definition) is 2. The molecule has 0 aromatic carbocycles. The summed E-state index contributed by atoms with van der Waals surface area (Å²) in [5.74, 6) is 0.532. The zero-order valence-corrected chi connectivity index (χ0v) is 10.8. The lowest BCUT2D eigenvalue weighted by molar-refractivity contribution is -0.586. The van der Waals surface area contributed by atoms with E-state index in [0.717, 1.165) is 11.4 Å². The third kappa shape index (κ3) is 3.53. The van der Waals surface area contributed by atoms with Crippen molar-refractivity contribution in [3.63, 3.8) is 0 Å². The van der Waals surface area contributed by atoms with Crippen LogP contribution in [0.15, 0.2) is 23.3 Å². The number of nitrogens with two attached hydrogens (primary N) is 2. The van der Waals surface area contributed by atoms with Gasteiger partial charge in [-0.25, -0.2) is 4.98 Å². The number of quaternary nitrogens is 1. The molecule has 0 radical (unpaired) electrons. The van der Waals surface area contributed by atoms with E-state index in [9.17, 15) is 0 Å². The predicted octanol–water partition coefficient (Wildman–Crippen LogP) is 0.943. The lowest BCUT2D eigenvalue weighted by atomic mass is 10.1. The van der Waals surface area contributed by atoms with E-state index in [0.29, 0.717) is 11.9 Å². The standard InChI is InChI=1S/C13H20N4/c1-13(2,3)17-12(14)11-10(5-4-8-15-11)16-9-6-7-9/h4-5,8-9,16H,6-7H2,1-3H3,(H2,14,17)/p+1. The molecule has 17 heavy (non-hydrogen) atoms. The van der Waals surface area contributed by atoms with Crippen LogP contribution in [0.2, 0.25) is 0 Å². The Morgan fingerprint density at radius 1 is 1.47 bits per heavy atom. The number of amidine groups is 1. The summed E-state index contributed by atoms with van der Waals surface area (Å²) < 4.78 is 0. The average Bonchev–Trinajstić information content (AvgIpc) is 3.00. The first kappa shape index (κ1) is 12.0. The summed E-state index contributed by atoms with van der Waals surface area (Å²) in [4.78, 5) is 8.84. The third-order valence-corrected chi connectivity index (χ3v) is 2.57. The molecular formula is C13H21N4+. The maximum atomic E-state index is 6.05. The van der Waals surface area contributed by atoms with Gasteiger partial charge >= 0.3 is 0 Å². The molecule has 1 fully saturated rings. The monoisotopic (exact) mass is 233 g/mol. The molecule has 4 nitrogen and oxygen atoms in total. The van der Waals surface area contributed by atoms with Crippen LogP contribution < -0.4 is 11.1 Å². The normalized spacial score (nSPS) is 17.2. The van der Waals surface area contributed by atoms with Crippen molar-refractivity contribution in [2.24, 2.45) is 10.7 Å². The zero-order chi connectivity index (χ0) is 12.5. The molecule has 0 amide bonds. The largest absolute Gasteiger partial charge is 0.382 e. The molecule has 0 aliphatic heterocycles. The van der Waals surface area contributed by atoms with E-state index < -0.39 is 0 Å². The molecule has 1 aliphatic carbocycles. The summed E-state index contributed by atoms with van der Waals surface area (Å²) in [5, 5.41) is 2.26. The minimum Gasteiger partial charge on any atom is -0.382 e. The highest BCUT2D eigenvalue weighted by Gasteiger charge is 2.28. The summed E-state index contributed by atoms with van der Waals surface area (Å²) in [6.45, 7) is 6.10. The Morgan fingerprint density at radius 2 is 2.18 bits per heavy atom. The van der Waals surface area contributed by atoms with Crippen molar-refractivity contribution in [1.29, 1.82) is 0 Å². The molecule has 1 heterocycles. The highest BCUT2D eigenvalue weighted by Crippen LogP contribution is 2.17. The van der Waals surface area contributed by atoms with Gasteiger partial charge in [0.15, 0.2) is 17.2 Å². The second-order valence-corrected chi connectivity index (χ2v) is 5.61. The first-order valence-corrected chi connectivity index (χ1v) is 6.11. The summed E-state index contributed by atoms with van der Waals surface area (Å²) in [6, 6.07) is 4.72. The van der Waals surface area contributed by atoms with Crippen LogP contribution in [0.3, 0.4) is 0 Å². The Hall–Kier alpha value is -1.42. The van der Waals surface area contributed by atoms with Crippen LogP contribution in [0, 0.1) is 0 Å². The van der Waals surface area contributed by atoms with Crippen molar-refractivity contribution in [2.45, 2.75) is 45.2 Å². The van der Waals surface area contributed by atoms with Crippen molar-refractivity contribution in [1.82, 2.24) is 4.98 Å². The van der Waals surface area contributed by atoms with Gasteiger partial charge in [-0.2, -0.15) is 0 Å². The molecule has 0 spiro atoms. The fourth-order valence-electron chi connectivity index (χ4n) is 1.70. The van der Waals surface area contributed by atoms with Gasteiger partial charge in [-0.1, -0.05) is 0 Å². The van der Waals surface area contributed by atoms with Gasteiger partial charge in [-0.15, -0.1) is 0 Å². The Balaban J connectivity index is 2.27. The van der Waals surface area contributed by atoms with Gasteiger partial charge in [-0.05, 0) is 26.8 Å². The zero-order valence-electron chi connectivity index (χ0n) is 10.8. The molecule has 1 aliphatic rings. The van der Waals surface area contributed by atoms with Gasteiger partial charge in [0, 0.05) is 25.1 Å². The van der Waals surface area contributed by atoms with E-state index in [4.69, 9.17) is 5.73 Å². The van der Waals surface area contributed by atoms with E-state index in [1.807, 2.05) is 26.8 Å². The van der Waals surface area contributed by atoms with Gasteiger partial charge in [0.25, 0.3) is 0 Å². The molecule has 0 bridgehead atoms. The molecule has 0 saturated heterocycles. The number of hydrogen-bond acceptors (Lipinski definition) is 2. The molecule has 1 aromatic heterocycles. The number of aliphatic imine (C=N–C) groups is 1. The smallest absolute Gasteiger partial charge is 0.165 e. The van der Waals surface area contributed by atoms with E-state index in [-0.39, 0.29) is 5.54 Å². The Morgan fingerprint density at radius 3 is 2.76 bits per heavy atom. The summed E-state index contributed by atoms with van der Waals surface area (Å²) in [7, 11) is 0. The first-order chi connectivity index (χ1) is 7.96. The van der Waals surface area contributed by atoms with Crippen LogP contribution in [0.1, 0.15) is 39.3 Å². The minimum absolute atomic E-state index is 0.168. The van der Waals surface area contributed by atoms with Crippen LogP contribution in [-0.2, 0) is 0 Å². The summed E-state index contributed by atoms with van der Waals surface area (Å²) >= 11 is 0. The van der Waals surface area contributed by atoms with Gasteiger partial charge in [-0.3, -0.25) is 4.99 Å². The molecular weight excluding hydrogens is 212 g/mol. The third-order valence-electron chi connectivity index (χ3n) is 2.57. The molecule has 92 valence electrons. The van der Waals surface area contributed by atoms with E-state index >= 15 is 0 Å². The highest BCUT2D eigenvalue weighted by molar-refractivity contribution is 5.99. The number of aromatic nitrogens is 1. The molecule has 0 atom stereocenters. The fourth-order valence-corrected chi connectivity index (χ4v) is 1.70. The highest BCUT2D eigenvalue weighted by atomic mass is 15.0. The van der Waals surface area contributed by atoms with Gasteiger partial charge in [0.1, 0.15) is 0 Å². The van der Waals surface area contributed by atoms with Crippen molar-refractivity contribution < 1.29 is 5.32 Å². The maximum absolute atomic E-state index is 6.05. The van der Waals surface area contributed by atoms with Gasteiger partial charge in [0.2, 0.25) is 0 Å². The molecule has 1 saturated carbocycles. The Kier molecular flexibility index (Phi) is 3.15. The van der Waals surface area contributed by atoms with Crippen LogP contribution in [-0.4, -0.2) is 22.4 Å². The van der Waals surface area contributed by atoms with Crippen LogP contribution in [0.4, 0.5) is 5.69 Å². The average molecular weight is 233 g/mol. The Bertz CT molecular complexity index is 427. The quantitative estimate of drug-likeness (QED) is 0.602. The summed E-state index contributed by atoms with van der Waals surface area (Å²) in [6.07, 6.45) is 4.33. The maximum Gasteiger partial charge on any atom is 0.165 e. The lowest BCUT2D eigenvalue weighted by Gasteiger charge is -2.14. The molecule has 4 N–H and O–H groups in total. The molecule has 4 heteroatoms. The number of rotatable bonds is 3. The second-order valence-electron chi connectivity index (χ2n) is 5.61. The predicted molar refractivity (Wildman–Crippen MR) is 69.3 cm³/mol. The number of pyridine rings is 1. The topological polar surface area (TPSA) is 67.9 Å². The van der Waals surface area contributed by atoms with Crippen LogP contribution >= 0.6 is 0 Å². The number of nitrogens with zero attached hydrogens (tertiary/aromatic N) is 2. The van der Waals surface area contributed by atoms with Crippen molar-refractivity contribution in [2.75, 3.05) is 0 Å². The van der Waals surface area contributed by atoms with Crippen molar-refractivity contribution in [3.05, 3.63) is 24.0 Å². The second kappa shape index (κ2) is 4.45. The van der Waals surface area contributed by atoms with E-state index in [2.05, 4.69) is 21.4 Å².